The standard InChI is InChI=1S/C13H22N2O3S/c1-10-4-5-12(11(14)8-10)19(17,18)15-9-13(2,3)6-7-16/h4-5,8,15-16H,6-7,9,14H2,1-3H3. The van der Waals surface area contributed by atoms with Crippen molar-refractivity contribution in [3.8, 4) is 0 Å². The summed E-state index contributed by atoms with van der Waals surface area (Å²) in [5.41, 5.74) is 6.60. The maximum atomic E-state index is 12.2. The van der Waals surface area contributed by atoms with E-state index in [1.807, 2.05) is 20.8 Å². The maximum absolute atomic E-state index is 12.2. The van der Waals surface area contributed by atoms with Gasteiger partial charge in [-0.15, -0.1) is 0 Å². The van der Waals surface area contributed by atoms with Gasteiger partial charge in [-0.1, -0.05) is 19.9 Å². The van der Waals surface area contributed by atoms with Crippen molar-refractivity contribution in [3.63, 3.8) is 0 Å². The van der Waals surface area contributed by atoms with Crippen LogP contribution in [0.2, 0.25) is 0 Å². The number of hydrogen-bond donors (Lipinski definition) is 3. The molecule has 0 aliphatic heterocycles. The van der Waals surface area contributed by atoms with Crippen LogP contribution < -0.4 is 10.5 Å². The molecule has 0 aliphatic rings. The Kier molecular flexibility index (Phi) is 4.95. The summed E-state index contributed by atoms with van der Waals surface area (Å²) in [7, 11) is -3.62. The summed E-state index contributed by atoms with van der Waals surface area (Å²) in [6, 6.07) is 4.85. The number of aliphatic hydroxyl groups excluding tert-OH is 1. The van der Waals surface area contributed by atoms with Crippen LogP contribution in [-0.2, 0) is 10.0 Å². The second-order valence-corrected chi connectivity index (χ2v) is 7.24. The van der Waals surface area contributed by atoms with Crippen LogP contribution in [0.4, 0.5) is 5.69 Å². The van der Waals surface area contributed by atoms with E-state index in [0.717, 1.165) is 5.56 Å². The Bertz CT molecular complexity index is 539. The van der Waals surface area contributed by atoms with E-state index in [2.05, 4.69) is 4.72 Å². The van der Waals surface area contributed by atoms with Crippen molar-refractivity contribution in [2.75, 3.05) is 18.9 Å². The van der Waals surface area contributed by atoms with Crippen molar-refractivity contribution < 1.29 is 13.5 Å². The summed E-state index contributed by atoms with van der Waals surface area (Å²) < 4.78 is 26.9. The van der Waals surface area contributed by atoms with Crippen LogP contribution in [0.15, 0.2) is 23.1 Å². The number of aryl methyl sites for hydroxylation is 1. The average Bonchev–Trinajstić information content (AvgIpc) is 2.26. The van der Waals surface area contributed by atoms with Gasteiger partial charge in [0.25, 0.3) is 0 Å². The molecule has 0 aromatic heterocycles. The fourth-order valence-corrected chi connectivity index (χ4v) is 3.02. The van der Waals surface area contributed by atoms with E-state index in [9.17, 15) is 8.42 Å². The number of hydrogen-bond acceptors (Lipinski definition) is 4. The summed E-state index contributed by atoms with van der Waals surface area (Å²) in [5, 5.41) is 8.93. The SMILES string of the molecule is Cc1ccc(S(=O)(=O)NCC(C)(C)CCO)c(N)c1. The van der Waals surface area contributed by atoms with Crippen LogP contribution in [0.25, 0.3) is 0 Å². The molecule has 19 heavy (non-hydrogen) atoms. The molecule has 0 saturated heterocycles. The van der Waals surface area contributed by atoms with Gasteiger partial charge < -0.3 is 10.8 Å². The van der Waals surface area contributed by atoms with E-state index in [4.69, 9.17) is 10.8 Å². The lowest BCUT2D eigenvalue weighted by atomic mass is 9.90. The zero-order valence-corrected chi connectivity index (χ0v) is 12.4. The number of benzene rings is 1. The summed E-state index contributed by atoms with van der Waals surface area (Å²) in [6.45, 7) is 5.92. The van der Waals surface area contributed by atoms with Crippen molar-refractivity contribution in [3.05, 3.63) is 23.8 Å². The van der Waals surface area contributed by atoms with Gasteiger partial charge in [0.2, 0.25) is 10.0 Å². The quantitative estimate of drug-likeness (QED) is 0.687. The van der Waals surface area contributed by atoms with Gasteiger partial charge in [0.05, 0.1) is 5.69 Å². The molecule has 0 spiro atoms. The molecule has 0 heterocycles. The number of sulfonamides is 1. The molecule has 0 unspecified atom stereocenters. The molecule has 5 nitrogen and oxygen atoms in total. The maximum Gasteiger partial charge on any atom is 0.242 e. The predicted octanol–water partition coefficient (Wildman–Crippen LogP) is 1.26. The first kappa shape index (κ1) is 15.9. The van der Waals surface area contributed by atoms with Crippen LogP contribution in [0.3, 0.4) is 0 Å². The van der Waals surface area contributed by atoms with Crippen LogP contribution in [0, 0.1) is 12.3 Å². The number of aliphatic hydroxyl groups is 1. The highest BCUT2D eigenvalue weighted by atomic mass is 32.2. The summed E-state index contributed by atoms with van der Waals surface area (Å²) in [5.74, 6) is 0. The third-order valence-corrected chi connectivity index (χ3v) is 4.46. The number of rotatable bonds is 6. The lowest BCUT2D eigenvalue weighted by Gasteiger charge is -2.24. The predicted molar refractivity (Wildman–Crippen MR) is 76.3 cm³/mol. The highest BCUT2D eigenvalue weighted by Gasteiger charge is 2.23. The second kappa shape index (κ2) is 5.90. The molecule has 4 N–H and O–H groups in total. The minimum absolute atomic E-state index is 0.0292. The first-order valence-electron chi connectivity index (χ1n) is 6.15. The molecule has 0 amide bonds. The third kappa shape index (κ3) is 4.49. The molecule has 1 aromatic carbocycles. The zero-order valence-electron chi connectivity index (χ0n) is 11.6. The molecule has 108 valence electrons. The normalized spacial score (nSPS) is 12.6. The molecule has 0 bridgehead atoms. The Morgan fingerprint density at radius 2 is 2.00 bits per heavy atom. The van der Waals surface area contributed by atoms with Gasteiger partial charge in [0.1, 0.15) is 4.90 Å². The van der Waals surface area contributed by atoms with E-state index in [-0.39, 0.29) is 29.1 Å². The van der Waals surface area contributed by atoms with E-state index in [1.165, 1.54) is 6.07 Å². The summed E-state index contributed by atoms with van der Waals surface area (Å²) >= 11 is 0. The number of nitrogens with one attached hydrogen (secondary N) is 1. The fraction of sp³-hybridized carbons (Fsp3) is 0.538. The van der Waals surface area contributed by atoms with Crippen molar-refractivity contribution in [2.24, 2.45) is 5.41 Å². The Morgan fingerprint density at radius 3 is 2.53 bits per heavy atom. The molecule has 1 aromatic rings. The second-order valence-electron chi connectivity index (χ2n) is 5.50. The van der Waals surface area contributed by atoms with Gasteiger partial charge in [-0.3, -0.25) is 0 Å². The monoisotopic (exact) mass is 286 g/mol. The van der Waals surface area contributed by atoms with E-state index < -0.39 is 10.0 Å². The molecule has 1 rings (SSSR count). The molecular formula is C13H22N2O3S. The topological polar surface area (TPSA) is 92.4 Å². The highest BCUT2D eigenvalue weighted by Crippen LogP contribution is 2.22. The first-order chi connectivity index (χ1) is 8.68. The number of anilines is 1. The van der Waals surface area contributed by atoms with Crippen LogP contribution >= 0.6 is 0 Å². The van der Waals surface area contributed by atoms with E-state index in [1.54, 1.807) is 12.1 Å². The molecule has 0 saturated carbocycles. The zero-order chi connectivity index (χ0) is 14.7. The Labute approximate surface area is 114 Å². The van der Waals surface area contributed by atoms with Crippen molar-refractivity contribution >= 4 is 15.7 Å². The van der Waals surface area contributed by atoms with Gasteiger partial charge in [0, 0.05) is 13.2 Å². The number of nitrogen functional groups attached to an aromatic ring is 1. The van der Waals surface area contributed by atoms with Gasteiger partial charge in [0.15, 0.2) is 0 Å². The Hall–Kier alpha value is -1.11. The summed E-state index contributed by atoms with van der Waals surface area (Å²) in [6.07, 6.45) is 0.527. The Balaban J connectivity index is 2.87. The molecule has 6 heteroatoms. The van der Waals surface area contributed by atoms with Crippen molar-refractivity contribution in [2.45, 2.75) is 32.1 Å². The fourth-order valence-electron chi connectivity index (χ4n) is 1.67. The largest absolute Gasteiger partial charge is 0.398 e. The van der Waals surface area contributed by atoms with Gasteiger partial charge in [-0.25, -0.2) is 13.1 Å². The highest BCUT2D eigenvalue weighted by molar-refractivity contribution is 7.89. The molecule has 0 fully saturated rings. The van der Waals surface area contributed by atoms with Crippen molar-refractivity contribution in [1.82, 2.24) is 4.72 Å². The van der Waals surface area contributed by atoms with Crippen molar-refractivity contribution in [1.29, 1.82) is 0 Å². The van der Waals surface area contributed by atoms with E-state index >= 15 is 0 Å². The molecule has 0 aliphatic carbocycles. The summed E-state index contributed by atoms with van der Waals surface area (Å²) in [4.78, 5) is 0.0953. The van der Waals surface area contributed by atoms with Gasteiger partial charge in [-0.05, 0) is 36.5 Å². The van der Waals surface area contributed by atoms with E-state index in [0.29, 0.717) is 6.42 Å². The first-order valence-corrected chi connectivity index (χ1v) is 7.63. The minimum atomic E-state index is -3.62. The van der Waals surface area contributed by atoms with Crippen LogP contribution in [0.5, 0.6) is 0 Å². The number of nitrogens with two attached hydrogens (primary N) is 1. The molecule has 0 radical (unpaired) electrons. The average molecular weight is 286 g/mol. The lowest BCUT2D eigenvalue weighted by Crippen LogP contribution is -2.34. The molecular weight excluding hydrogens is 264 g/mol. The van der Waals surface area contributed by atoms with Gasteiger partial charge in [-0.2, -0.15) is 0 Å². The van der Waals surface area contributed by atoms with Gasteiger partial charge >= 0.3 is 0 Å². The molecule has 0 atom stereocenters. The van der Waals surface area contributed by atoms with Crippen LogP contribution in [0.1, 0.15) is 25.8 Å². The lowest BCUT2D eigenvalue weighted by molar-refractivity contribution is 0.213. The minimum Gasteiger partial charge on any atom is -0.398 e. The third-order valence-electron chi connectivity index (χ3n) is 2.98. The Morgan fingerprint density at radius 1 is 1.37 bits per heavy atom. The van der Waals surface area contributed by atoms with Crippen LogP contribution in [-0.4, -0.2) is 26.7 Å². The smallest absolute Gasteiger partial charge is 0.242 e.